The number of aromatic nitrogens is 1. The predicted octanol–water partition coefficient (Wildman–Crippen LogP) is 4.07. The summed E-state index contributed by atoms with van der Waals surface area (Å²) in [7, 11) is 1.53. The third-order valence-corrected chi connectivity index (χ3v) is 5.16. The number of halogens is 1. The fourth-order valence-corrected chi connectivity index (χ4v) is 3.68. The van der Waals surface area contributed by atoms with E-state index in [2.05, 4.69) is 5.16 Å². The molecule has 158 valence electrons. The summed E-state index contributed by atoms with van der Waals surface area (Å²) in [4.78, 5) is 27.1. The standard InChI is InChI=1S/C23H19FN2O5/c1-12-10-15(6-9-17(12)30-3)21(27)19-20(14-4-7-16(24)8-5-14)26(23(29)22(19)28)18-11-13(2)31-25-18/h4-11,20,27H,1-3H3/b21-19+/t20-/m0/s1. The van der Waals surface area contributed by atoms with Crippen LogP contribution in [0.2, 0.25) is 0 Å². The number of anilines is 1. The number of hydrogen-bond acceptors (Lipinski definition) is 6. The van der Waals surface area contributed by atoms with E-state index in [0.29, 0.717) is 22.6 Å². The Bertz CT molecular complexity index is 1210. The molecule has 0 unspecified atom stereocenters. The first-order valence-corrected chi connectivity index (χ1v) is 9.46. The van der Waals surface area contributed by atoms with Crippen LogP contribution in [-0.4, -0.2) is 29.1 Å². The molecule has 0 saturated carbocycles. The minimum Gasteiger partial charge on any atom is -0.507 e. The van der Waals surface area contributed by atoms with Gasteiger partial charge in [0.05, 0.1) is 18.7 Å². The maximum Gasteiger partial charge on any atom is 0.301 e. The number of carbonyl (C=O) groups excluding carboxylic acids is 2. The summed E-state index contributed by atoms with van der Waals surface area (Å²) in [6, 6.07) is 10.8. The SMILES string of the molecule is COc1ccc(/C(O)=C2\C(=O)C(=O)N(c3cc(C)on3)[C@H]2c2ccc(F)cc2)cc1C. The molecular weight excluding hydrogens is 403 g/mol. The average molecular weight is 422 g/mol. The number of nitrogens with zero attached hydrogens (tertiary/aromatic N) is 2. The van der Waals surface area contributed by atoms with E-state index in [1.165, 1.54) is 37.4 Å². The smallest absolute Gasteiger partial charge is 0.301 e. The fraction of sp³-hybridized carbons (Fsp3) is 0.174. The van der Waals surface area contributed by atoms with Crippen LogP contribution in [0.5, 0.6) is 5.75 Å². The van der Waals surface area contributed by atoms with Gasteiger partial charge in [0.1, 0.15) is 23.1 Å². The van der Waals surface area contributed by atoms with E-state index in [0.717, 1.165) is 10.5 Å². The van der Waals surface area contributed by atoms with Crippen LogP contribution in [0.25, 0.3) is 5.76 Å². The number of aryl methyl sites for hydroxylation is 2. The van der Waals surface area contributed by atoms with Gasteiger partial charge in [-0.2, -0.15) is 0 Å². The number of ketones is 1. The Morgan fingerprint density at radius 3 is 2.42 bits per heavy atom. The van der Waals surface area contributed by atoms with Crippen molar-refractivity contribution in [3.63, 3.8) is 0 Å². The van der Waals surface area contributed by atoms with Gasteiger partial charge in [0.15, 0.2) is 5.82 Å². The molecule has 1 N–H and O–H groups in total. The fourth-order valence-electron chi connectivity index (χ4n) is 3.68. The zero-order valence-corrected chi connectivity index (χ0v) is 17.0. The van der Waals surface area contributed by atoms with Gasteiger partial charge in [-0.05, 0) is 55.3 Å². The highest BCUT2D eigenvalue weighted by molar-refractivity contribution is 6.51. The molecule has 1 atom stereocenters. The first-order valence-electron chi connectivity index (χ1n) is 9.46. The largest absolute Gasteiger partial charge is 0.507 e. The van der Waals surface area contributed by atoms with Crippen LogP contribution in [-0.2, 0) is 9.59 Å². The molecule has 8 heteroatoms. The van der Waals surface area contributed by atoms with Gasteiger partial charge in [-0.3, -0.25) is 14.5 Å². The normalized spacial score (nSPS) is 17.9. The van der Waals surface area contributed by atoms with Crippen molar-refractivity contribution in [2.24, 2.45) is 0 Å². The lowest BCUT2D eigenvalue weighted by atomic mass is 9.94. The molecule has 1 fully saturated rings. The Kier molecular flexibility index (Phi) is 5.06. The van der Waals surface area contributed by atoms with E-state index in [1.54, 1.807) is 32.0 Å². The number of aliphatic hydroxyl groups excluding tert-OH is 1. The van der Waals surface area contributed by atoms with Crippen molar-refractivity contribution in [3.8, 4) is 5.75 Å². The molecule has 4 rings (SSSR count). The van der Waals surface area contributed by atoms with Gasteiger partial charge in [-0.25, -0.2) is 4.39 Å². The molecule has 1 aromatic heterocycles. The maximum atomic E-state index is 13.5. The molecule has 1 aliphatic heterocycles. The molecule has 1 saturated heterocycles. The summed E-state index contributed by atoms with van der Waals surface area (Å²) in [5.41, 5.74) is 1.40. The third-order valence-electron chi connectivity index (χ3n) is 5.16. The third kappa shape index (κ3) is 3.46. The molecule has 2 aromatic carbocycles. The monoisotopic (exact) mass is 422 g/mol. The number of hydrogen-bond donors (Lipinski definition) is 1. The van der Waals surface area contributed by atoms with Gasteiger partial charge < -0.3 is 14.4 Å². The molecule has 1 amide bonds. The van der Waals surface area contributed by atoms with Crippen LogP contribution < -0.4 is 9.64 Å². The van der Waals surface area contributed by atoms with Crippen LogP contribution in [0.15, 0.2) is 58.6 Å². The van der Waals surface area contributed by atoms with Crippen molar-refractivity contribution in [2.45, 2.75) is 19.9 Å². The van der Waals surface area contributed by atoms with E-state index >= 15 is 0 Å². The van der Waals surface area contributed by atoms with Crippen molar-refractivity contribution in [1.29, 1.82) is 0 Å². The number of rotatable bonds is 4. The zero-order valence-electron chi connectivity index (χ0n) is 17.0. The van der Waals surface area contributed by atoms with Gasteiger partial charge in [-0.15, -0.1) is 0 Å². The van der Waals surface area contributed by atoms with Crippen LogP contribution in [0.1, 0.15) is 28.5 Å². The lowest BCUT2D eigenvalue weighted by molar-refractivity contribution is -0.132. The summed E-state index contributed by atoms with van der Waals surface area (Å²) in [6.07, 6.45) is 0. The van der Waals surface area contributed by atoms with Crippen LogP contribution >= 0.6 is 0 Å². The van der Waals surface area contributed by atoms with E-state index < -0.39 is 23.5 Å². The van der Waals surface area contributed by atoms with Crippen molar-refractivity contribution in [2.75, 3.05) is 12.0 Å². The summed E-state index contributed by atoms with van der Waals surface area (Å²) in [5, 5.41) is 14.9. The highest BCUT2D eigenvalue weighted by atomic mass is 19.1. The molecule has 0 aliphatic carbocycles. The summed E-state index contributed by atoms with van der Waals surface area (Å²) < 4.78 is 23.9. The number of benzene rings is 2. The Hall–Kier alpha value is -3.94. The second kappa shape index (κ2) is 7.71. The molecule has 0 bridgehead atoms. The van der Waals surface area contributed by atoms with E-state index in [4.69, 9.17) is 9.26 Å². The van der Waals surface area contributed by atoms with Crippen molar-refractivity contribution in [1.82, 2.24) is 5.16 Å². The number of Topliss-reactive ketones (excluding diaryl/α,β-unsaturated/α-hetero) is 1. The maximum absolute atomic E-state index is 13.5. The van der Waals surface area contributed by atoms with Gasteiger partial charge in [0.2, 0.25) is 0 Å². The average Bonchev–Trinajstić information content (AvgIpc) is 3.29. The summed E-state index contributed by atoms with van der Waals surface area (Å²) in [5.74, 6) is -1.37. The lowest BCUT2D eigenvalue weighted by Gasteiger charge is -2.22. The number of amides is 1. The van der Waals surface area contributed by atoms with Gasteiger partial charge in [0, 0.05) is 11.6 Å². The Morgan fingerprint density at radius 1 is 1.13 bits per heavy atom. The quantitative estimate of drug-likeness (QED) is 0.387. The Labute approximate surface area is 177 Å². The number of ether oxygens (including phenoxy) is 1. The molecular formula is C23H19FN2O5. The number of carbonyl (C=O) groups is 2. The topological polar surface area (TPSA) is 92.9 Å². The number of aliphatic hydroxyl groups is 1. The molecule has 0 spiro atoms. The van der Waals surface area contributed by atoms with E-state index in [1.807, 2.05) is 0 Å². The Morgan fingerprint density at radius 2 is 1.84 bits per heavy atom. The predicted molar refractivity (Wildman–Crippen MR) is 110 cm³/mol. The van der Waals surface area contributed by atoms with Crippen molar-refractivity contribution in [3.05, 3.63) is 82.4 Å². The van der Waals surface area contributed by atoms with Gasteiger partial charge >= 0.3 is 5.91 Å². The Balaban J connectivity index is 1.93. The second-order valence-electron chi connectivity index (χ2n) is 7.20. The van der Waals surface area contributed by atoms with E-state index in [9.17, 15) is 19.1 Å². The van der Waals surface area contributed by atoms with Crippen LogP contribution in [0, 0.1) is 19.7 Å². The summed E-state index contributed by atoms with van der Waals surface area (Å²) >= 11 is 0. The molecule has 7 nitrogen and oxygen atoms in total. The minimum atomic E-state index is -1.01. The highest BCUT2D eigenvalue weighted by Gasteiger charge is 2.48. The first-order chi connectivity index (χ1) is 14.8. The van der Waals surface area contributed by atoms with Gasteiger partial charge in [0.25, 0.3) is 5.78 Å². The van der Waals surface area contributed by atoms with Crippen LogP contribution in [0.3, 0.4) is 0 Å². The van der Waals surface area contributed by atoms with E-state index in [-0.39, 0.29) is 17.2 Å². The van der Waals surface area contributed by atoms with Crippen LogP contribution in [0.4, 0.5) is 10.2 Å². The van der Waals surface area contributed by atoms with Crippen molar-refractivity contribution >= 4 is 23.3 Å². The molecule has 0 radical (unpaired) electrons. The lowest BCUT2D eigenvalue weighted by Crippen LogP contribution is -2.29. The first kappa shape index (κ1) is 20.3. The molecule has 2 heterocycles. The summed E-state index contributed by atoms with van der Waals surface area (Å²) in [6.45, 7) is 3.45. The minimum absolute atomic E-state index is 0.123. The molecule has 1 aliphatic rings. The number of methoxy groups -OCH3 is 1. The second-order valence-corrected chi connectivity index (χ2v) is 7.20. The van der Waals surface area contributed by atoms with Crippen molar-refractivity contribution < 1.29 is 28.3 Å². The molecule has 3 aromatic rings. The van der Waals surface area contributed by atoms with Gasteiger partial charge in [-0.1, -0.05) is 17.3 Å². The molecule has 31 heavy (non-hydrogen) atoms. The zero-order chi connectivity index (χ0) is 22.3. The highest BCUT2D eigenvalue weighted by Crippen LogP contribution is 2.42.